The number of aryl methyl sites for hydroxylation is 1. The van der Waals surface area contributed by atoms with Crippen LogP contribution in [0.4, 0.5) is 5.13 Å². The Balaban J connectivity index is 0.000000461. The summed E-state index contributed by atoms with van der Waals surface area (Å²) >= 11 is 1.48. The van der Waals surface area contributed by atoms with Crippen LogP contribution in [-0.4, -0.2) is 10.9 Å². The van der Waals surface area contributed by atoms with Crippen LogP contribution in [0.2, 0.25) is 0 Å². The molecule has 1 heterocycles. The van der Waals surface area contributed by atoms with Gasteiger partial charge in [0, 0.05) is 11.3 Å². The van der Waals surface area contributed by atoms with Crippen LogP contribution in [0.3, 0.4) is 0 Å². The van der Waals surface area contributed by atoms with Crippen LogP contribution in [0.15, 0.2) is 5.38 Å². The standard InChI is InChI=1S/C8H10N2OS.C2H6/c1-5-4-12-8(9-5)10-7(11)6-2-3-6;1-2/h4,6H,2-3H2,1H3,(H,9,10,11);1-2H3. The number of carbonyl (C=O) groups is 1. The first-order valence-electron chi connectivity index (χ1n) is 4.99. The van der Waals surface area contributed by atoms with Gasteiger partial charge in [-0.2, -0.15) is 0 Å². The Morgan fingerprint density at radius 1 is 1.57 bits per heavy atom. The van der Waals surface area contributed by atoms with Crippen molar-refractivity contribution in [3.05, 3.63) is 11.1 Å². The highest BCUT2D eigenvalue weighted by Gasteiger charge is 2.29. The molecule has 1 saturated carbocycles. The molecule has 0 bridgehead atoms. The molecule has 1 fully saturated rings. The Hall–Kier alpha value is -0.900. The monoisotopic (exact) mass is 212 g/mol. The van der Waals surface area contributed by atoms with Crippen molar-refractivity contribution < 1.29 is 4.79 Å². The van der Waals surface area contributed by atoms with Gasteiger partial charge in [0.1, 0.15) is 0 Å². The third-order valence-electron chi connectivity index (χ3n) is 1.80. The van der Waals surface area contributed by atoms with Crippen molar-refractivity contribution in [1.82, 2.24) is 4.98 Å². The fourth-order valence-electron chi connectivity index (χ4n) is 0.964. The molecule has 1 N–H and O–H groups in total. The third kappa shape index (κ3) is 3.10. The zero-order chi connectivity index (χ0) is 10.6. The molecule has 0 radical (unpaired) electrons. The molecule has 0 atom stereocenters. The van der Waals surface area contributed by atoms with Crippen molar-refractivity contribution >= 4 is 22.4 Å². The lowest BCUT2D eigenvalue weighted by atomic mass is 10.4. The van der Waals surface area contributed by atoms with Gasteiger partial charge in [0.05, 0.1) is 5.69 Å². The van der Waals surface area contributed by atoms with E-state index in [1.807, 2.05) is 26.2 Å². The number of anilines is 1. The lowest BCUT2D eigenvalue weighted by Crippen LogP contribution is -2.12. The molecule has 0 spiro atoms. The van der Waals surface area contributed by atoms with Crippen molar-refractivity contribution in [3.8, 4) is 0 Å². The average Bonchev–Trinajstić information content (AvgIpc) is 2.96. The number of aromatic nitrogens is 1. The summed E-state index contributed by atoms with van der Waals surface area (Å²) in [5.41, 5.74) is 0.964. The maximum Gasteiger partial charge on any atom is 0.229 e. The number of rotatable bonds is 2. The molecule has 4 heteroatoms. The van der Waals surface area contributed by atoms with Crippen molar-refractivity contribution in [1.29, 1.82) is 0 Å². The zero-order valence-corrected chi connectivity index (χ0v) is 9.65. The predicted molar refractivity (Wildman–Crippen MR) is 59.6 cm³/mol. The van der Waals surface area contributed by atoms with E-state index in [4.69, 9.17) is 0 Å². The molecule has 78 valence electrons. The summed E-state index contributed by atoms with van der Waals surface area (Å²) in [5.74, 6) is 0.388. The maximum absolute atomic E-state index is 11.2. The number of thiazole rings is 1. The molecular formula is C10H16N2OS. The minimum atomic E-state index is 0.129. The highest BCUT2D eigenvalue weighted by Crippen LogP contribution is 2.30. The molecule has 1 aliphatic carbocycles. The van der Waals surface area contributed by atoms with Gasteiger partial charge in [0.15, 0.2) is 5.13 Å². The molecule has 0 aromatic carbocycles. The summed E-state index contributed by atoms with van der Waals surface area (Å²) in [6, 6.07) is 0. The van der Waals surface area contributed by atoms with Crippen LogP contribution in [0, 0.1) is 12.8 Å². The molecule has 0 aliphatic heterocycles. The number of hydrogen-bond acceptors (Lipinski definition) is 3. The number of nitrogens with zero attached hydrogens (tertiary/aromatic N) is 1. The van der Waals surface area contributed by atoms with Crippen LogP contribution in [0.1, 0.15) is 32.4 Å². The normalized spacial score (nSPS) is 14.2. The Kier molecular flexibility index (Phi) is 4.07. The van der Waals surface area contributed by atoms with E-state index in [0.717, 1.165) is 23.7 Å². The summed E-state index contributed by atoms with van der Waals surface area (Å²) in [6.07, 6.45) is 2.08. The lowest BCUT2D eigenvalue weighted by Gasteiger charge is -1.96. The predicted octanol–water partition coefficient (Wildman–Crippen LogP) is 2.83. The number of amides is 1. The van der Waals surface area contributed by atoms with E-state index >= 15 is 0 Å². The zero-order valence-electron chi connectivity index (χ0n) is 8.83. The smallest absolute Gasteiger partial charge is 0.229 e. The molecule has 0 unspecified atom stereocenters. The minimum absolute atomic E-state index is 0.129. The first kappa shape index (κ1) is 11.2. The van der Waals surface area contributed by atoms with Crippen LogP contribution in [0.25, 0.3) is 0 Å². The van der Waals surface area contributed by atoms with Gasteiger partial charge >= 0.3 is 0 Å². The second-order valence-corrected chi connectivity index (χ2v) is 3.92. The molecule has 1 amide bonds. The van der Waals surface area contributed by atoms with Crippen molar-refractivity contribution in [3.63, 3.8) is 0 Å². The van der Waals surface area contributed by atoms with Gasteiger partial charge in [-0.25, -0.2) is 4.98 Å². The molecular weight excluding hydrogens is 196 g/mol. The lowest BCUT2D eigenvalue weighted by molar-refractivity contribution is -0.117. The van der Waals surface area contributed by atoms with E-state index < -0.39 is 0 Å². The maximum atomic E-state index is 11.2. The molecule has 0 saturated heterocycles. The summed E-state index contributed by atoms with van der Waals surface area (Å²) in [4.78, 5) is 15.4. The summed E-state index contributed by atoms with van der Waals surface area (Å²) in [5, 5.41) is 5.45. The van der Waals surface area contributed by atoms with Gasteiger partial charge in [0.25, 0.3) is 0 Å². The van der Waals surface area contributed by atoms with E-state index in [-0.39, 0.29) is 11.8 Å². The van der Waals surface area contributed by atoms with E-state index in [1.165, 1.54) is 11.3 Å². The summed E-state index contributed by atoms with van der Waals surface area (Å²) in [6.45, 7) is 5.92. The third-order valence-corrected chi connectivity index (χ3v) is 2.67. The SMILES string of the molecule is CC.Cc1csc(NC(=O)C2CC2)n1. The highest BCUT2D eigenvalue weighted by molar-refractivity contribution is 7.13. The van der Waals surface area contributed by atoms with Crippen LogP contribution in [0.5, 0.6) is 0 Å². The fourth-order valence-corrected chi connectivity index (χ4v) is 1.66. The first-order valence-corrected chi connectivity index (χ1v) is 5.86. The van der Waals surface area contributed by atoms with E-state index in [9.17, 15) is 4.79 Å². The second-order valence-electron chi connectivity index (χ2n) is 3.06. The van der Waals surface area contributed by atoms with Crippen molar-refractivity contribution in [2.24, 2.45) is 5.92 Å². The van der Waals surface area contributed by atoms with Gasteiger partial charge in [-0.1, -0.05) is 13.8 Å². The van der Waals surface area contributed by atoms with Gasteiger partial charge in [-0.15, -0.1) is 11.3 Å². The quantitative estimate of drug-likeness (QED) is 0.819. The summed E-state index contributed by atoms with van der Waals surface area (Å²) in [7, 11) is 0. The molecule has 2 rings (SSSR count). The number of carbonyl (C=O) groups excluding carboxylic acids is 1. The van der Waals surface area contributed by atoms with Gasteiger partial charge in [-0.3, -0.25) is 4.79 Å². The van der Waals surface area contributed by atoms with Gasteiger partial charge in [-0.05, 0) is 19.8 Å². The molecule has 14 heavy (non-hydrogen) atoms. The second kappa shape index (κ2) is 5.10. The van der Waals surface area contributed by atoms with Crippen molar-refractivity contribution in [2.75, 3.05) is 5.32 Å². The molecule has 1 aliphatic rings. The van der Waals surface area contributed by atoms with Crippen LogP contribution >= 0.6 is 11.3 Å². The Bertz CT molecular complexity index is 305. The van der Waals surface area contributed by atoms with Crippen LogP contribution < -0.4 is 5.32 Å². The van der Waals surface area contributed by atoms with E-state index in [1.54, 1.807) is 0 Å². The van der Waals surface area contributed by atoms with E-state index in [0.29, 0.717) is 0 Å². The van der Waals surface area contributed by atoms with Crippen LogP contribution in [-0.2, 0) is 4.79 Å². The van der Waals surface area contributed by atoms with E-state index in [2.05, 4.69) is 10.3 Å². The molecule has 1 aromatic rings. The molecule has 1 aromatic heterocycles. The number of nitrogens with one attached hydrogen (secondary N) is 1. The van der Waals surface area contributed by atoms with Gasteiger partial charge in [0.2, 0.25) is 5.91 Å². The topological polar surface area (TPSA) is 42.0 Å². The van der Waals surface area contributed by atoms with Crippen molar-refractivity contribution in [2.45, 2.75) is 33.6 Å². The Morgan fingerprint density at radius 2 is 2.21 bits per heavy atom. The largest absolute Gasteiger partial charge is 0.302 e. The first-order chi connectivity index (χ1) is 6.75. The average molecular weight is 212 g/mol. The minimum Gasteiger partial charge on any atom is -0.302 e. The Morgan fingerprint density at radius 3 is 2.64 bits per heavy atom. The fraction of sp³-hybridized carbons (Fsp3) is 0.600. The number of hydrogen-bond donors (Lipinski definition) is 1. The Labute approximate surface area is 88.6 Å². The highest BCUT2D eigenvalue weighted by atomic mass is 32.1. The molecule has 3 nitrogen and oxygen atoms in total. The van der Waals surface area contributed by atoms with Gasteiger partial charge < -0.3 is 5.32 Å². The summed E-state index contributed by atoms with van der Waals surface area (Å²) < 4.78 is 0.